The van der Waals surface area contributed by atoms with E-state index in [0.717, 1.165) is 26.9 Å². The number of hydrogen-bond donors (Lipinski definition) is 1. The van der Waals surface area contributed by atoms with Gasteiger partial charge in [0.1, 0.15) is 15.5 Å². The molecule has 2 N–H and O–H groups in total. The number of nitrogens with zero attached hydrogens (tertiary/aromatic N) is 1. The van der Waals surface area contributed by atoms with Crippen molar-refractivity contribution in [1.82, 2.24) is 4.98 Å². The third-order valence-corrected chi connectivity index (χ3v) is 4.28. The number of hydrogen-bond acceptors (Lipinski definition) is 6. The summed E-state index contributed by atoms with van der Waals surface area (Å²) in [6, 6.07) is 7.55. The third-order valence-electron chi connectivity index (χ3n) is 3.18. The molecule has 3 aromatic rings. The van der Waals surface area contributed by atoms with Crippen LogP contribution < -0.4 is 10.5 Å². The number of thiophene rings is 1. The summed E-state index contributed by atoms with van der Waals surface area (Å²) >= 11 is 1.25. The number of esters is 1. The number of nitrogens with two attached hydrogens (primary N) is 1. The van der Waals surface area contributed by atoms with Crippen LogP contribution in [0.5, 0.6) is 5.75 Å². The molecule has 21 heavy (non-hydrogen) atoms. The average Bonchev–Trinajstić information content (AvgIpc) is 2.81. The molecule has 0 aliphatic heterocycles. The van der Waals surface area contributed by atoms with Gasteiger partial charge in [0.15, 0.2) is 0 Å². The molecule has 0 amide bonds. The van der Waals surface area contributed by atoms with E-state index in [1.165, 1.54) is 11.3 Å². The maximum Gasteiger partial charge on any atom is 0.350 e. The van der Waals surface area contributed by atoms with E-state index in [9.17, 15) is 4.79 Å². The second-order valence-corrected chi connectivity index (χ2v) is 5.46. The highest BCUT2D eigenvalue weighted by atomic mass is 32.1. The summed E-state index contributed by atoms with van der Waals surface area (Å²) in [5, 5.41) is 1.69. The van der Waals surface area contributed by atoms with E-state index in [1.807, 2.05) is 24.3 Å². The first-order valence-electron chi connectivity index (χ1n) is 6.48. The summed E-state index contributed by atoms with van der Waals surface area (Å²) in [5.74, 6) is 0.350. The molecule has 0 unspecified atom stereocenters. The molecule has 0 aliphatic carbocycles. The average molecular weight is 302 g/mol. The van der Waals surface area contributed by atoms with Gasteiger partial charge in [-0.15, -0.1) is 11.3 Å². The predicted molar refractivity (Wildman–Crippen MR) is 84.0 cm³/mol. The maximum absolute atomic E-state index is 11.9. The molecule has 6 heteroatoms. The number of aromatic nitrogens is 1. The second kappa shape index (κ2) is 5.21. The summed E-state index contributed by atoms with van der Waals surface area (Å²) in [7, 11) is 1.62. The summed E-state index contributed by atoms with van der Waals surface area (Å²) in [6.07, 6.45) is 0. The number of carbonyl (C=O) groups is 1. The van der Waals surface area contributed by atoms with E-state index >= 15 is 0 Å². The Labute approximate surface area is 125 Å². The molecule has 2 aromatic heterocycles. The van der Waals surface area contributed by atoms with Crippen LogP contribution in [0.1, 0.15) is 16.6 Å². The minimum atomic E-state index is -0.403. The van der Waals surface area contributed by atoms with Gasteiger partial charge >= 0.3 is 5.97 Å². The fraction of sp³-hybridized carbons (Fsp3) is 0.200. The molecular formula is C15H14N2O3S. The van der Waals surface area contributed by atoms with Crippen molar-refractivity contribution in [3.05, 3.63) is 29.1 Å². The van der Waals surface area contributed by atoms with Gasteiger partial charge in [-0.2, -0.15) is 0 Å². The highest BCUT2D eigenvalue weighted by Gasteiger charge is 2.18. The molecule has 0 saturated heterocycles. The topological polar surface area (TPSA) is 74.4 Å². The molecular weight excluding hydrogens is 288 g/mol. The normalized spacial score (nSPS) is 11.0. The Bertz CT molecular complexity index is 842. The van der Waals surface area contributed by atoms with Crippen LogP contribution in [0.4, 0.5) is 5.69 Å². The smallest absolute Gasteiger partial charge is 0.350 e. The predicted octanol–water partition coefficient (Wildman–Crippen LogP) is 3.22. The van der Waals surface area contributed by atoms with Crippen LogP contribution in [-0.2, 0) is 4.74 Å². The highest BCUT2D eigenvalue weighted by Crippen LogP contribution is 2.35. The Morgan fingerprint density at radius 1 is 1.38 bits per heavy atom. The van der Waals surface area contributed by atoms with Gasteiger partial charge in [0.25, 0.3) is 0 Å². The first-order chi connectivity index (χ1) is 10.1. The van der Waals surface area contributed by atoms with Crippen LogP contribution >= 0.6 is 11.3 Å². The molecule has 0 saturated carbocycles. The van der Waals surface area contributed by atoms with Crippen molar-refractivity contribution in [2.24, 2.45) is 0 Å². The quantitative estimate of drug-likeness (QED) is 0.752. The van der Waals surface area contributed by atoms with Crippen molar-refractivity contribution in [2.45, 2.75) is 6.92 Å². The number of benzene rings is 1. The minimum Gasteiger partial charge on any atom is -0.497 e. The molecule has 1 aromatic carbocycles. The van der Waals surface area contributed by atoms with Gasteiger partial charge in [0.05, 0.1) is 24.9 Å². The second-order valence-electron chi connectivity index (χ2n) is 4.47. The van der Waals surface area contributed by atoms with Crippen LogP contribution in [0, 0.1) is 0 Å². The number of methoxy groups -OCH3 is 1. The lowest BCUT2D eigenvalue weighted by Gasteiger charge is -2.02. The fourth-order valence-electron chi connectivity index (χ4n) is 2.16. The van der Waals surface area contributed by atoms with Crippen LogP contribution in [0.3, 0.4) is 0 Å². The van der Waals surface area contributed by atoms with E-state index < -0.39 is 5.97 Å². The molecule has 108 valence electrons. The van der Waals surface area contributed by atoms with Gasteiger partial charge in [0, 0.05) is 10.8 Å². The lowest BCUT2D eigenvalue weighted by molar-refractivity contribution is 0.0533. The van der Waals surface area contributed by atoms with Gasteiger partial charge in [-0.1, -0.05) is 0 Å². The SMILES string of the molecule is CCOC(=O)c1sc2nc3ccc(OC)cc3cc2c1N. The first-order valence-corrected chi connectivity index (χ1v) is 7.29. The van der Waals surface area contributed by atoms with Crippen molar-refractivity contribution < 1.29 is 14.3 Å². The van der Waals surface area contributed by atoms with Crippen molar-refractivity contribution in [2.75, 3.05) is 19.5 Å². The van der Waals surface area contributed by atoms with Crippen LogP contribution in [0.2, 0.25) is 0 Å². The van der Waals surface area contributed by atoms with Crippen molar-refractivity contribution in [3.8, 4) is 5.75 Å². The van der Waals surface area contributed by atoms with Gasteiger partial charge < -0.3 is 15.2 Å². The molecule has 2 heterocycles. The largest absolute Gasteiger partial charge is 0.497 e. The van der Waals surface area contributed by atoms with Gasteiger partial charge in [0.2, 0.25) is 0 Å². The summed E-state index contributed by atoms with van der Waals surface area (Å²) < 4.78 is 10.2. The zero-order chi connectivity index (χ0) is 15.0. The number of fused-ring (bicyclic) bond motifs is 2. The Balaban J connectivity index is 2.21. The standard InChI is InChI=1S/C15H14N2O3S/c1-3-20-15(18)13-12(16)10-7-8-6-9(19-2)4-5-11(8)17-14(10)21-13/h4-7H,3,16H2,1-2H3. The molecule has 0 atom stereocenters. The van der Waals surface area contributed by atoms with Crippen molar-refractivity contribution >= 4 is 44.1 Å². The van der Waals surface area contributed by atoms with Gasteiger partial charge in [-0.25, -0.2) is 9.78 Å². The zero-order valence-electron chi connectivity index (χ0n) is 11.7. The van der Waals surface area contributed by atoms with E-state index in [4.69, 9.17) is 15.2 Å². The van der Waals surface area contributed by atoms with Crippen LogP contribution in [0.25, 0.3) is 21.1 Å². The minimum absolute atomic E-state index is 0.319. The van der Waals surface area contributed by atoms with E-state index in [0.29, 0.717) is 17.2 Å². The summed E-state index contributed by atoms with van der Waals surface area (Å²) in [5.41, 5.74) is 7.33. The summed E-state index contributed by atoms with van der Waals surface area (Å²) in [4.78, 5) is 17.6. The molecule has 0 bridgehead atoms. The van der Waals surface area contributed by atoms with Crippen LogP contribution in [0.15, 0.2) is 24.3 Å². The monoisotopic (exact) mass is 302 g/mol. The summed E-state index contributed by atoms with van der Waals surface area (Å²) in [6.45, 7) is 2.08. The highest BCUT2D eigenvalue weighted by molar-refractivity contribution is 7.21. The molecule has 0 radical (unpaired) electrons. The van der Waals surface area contributed by atoms with E-state index in [2.05, 4.69) is 4.98 Å². The Kier molecular flexibility index (Phi) is 3.39. The number of rotatable bonds is 3. The Morgan fingerprint density at radius 2 is 2.19 bits per heavy atom. The Hall–Kier alpha value is -2.34. The molecule has 0 fully saturated rings. The van der Waals surface area contributed by atoms with E-state index in [1.54, 1.807) is 14.0 Å². The third kappa shape index (κ3) is 2.27. The Morgan fingerprint density at radius 3 is 2.90 bits per heavy atom. The fourth-order valence-corrected chi connectivity index (χ4v) is 3.14. The molecule has 3 rings (SSSR count). The van der Waals surface area contributed by atoms with Gasteiger partial charge in [-0.05, 0) is 31.2 Å². The van der Waals surface area contributed by atoms with Gasteiger partial charge in [-0.3, -0.25) is 0 Å². The molecule has 0 aliphatic rings. The van der Waals surface area contributed by atoms with E-state index in [-0.39, 0.29) is 0 Å². The maximum atomic E-state index is 11.9. The number of carbonyl (C=O) groups excluding carboxylic acids is 1. The van der Waals surface area contributed by atoms with Crippen molar-refractivity contribution in [1.29, 1.82) is 0 Å². The number of ether oxygens (including phenoxy) is 2. The number of nitrogen functional groups attached to an aromatic ring is 1. The number of anilines is 1. The van der Waals surface area contributed by atoms with Crippen LogP contribution in [-0.4, -0.2) is 24.7 Å². The zero-order valence-corrected chi connectivity index (χ0v) is 12.5. The molecule has 0 spiro atoms. The number of pyridine rings is 1. The van der Waals surface area contributed by atoms with Crippen molar-refractivity contribution in [3.63, 3.8) is 0 Å². The lowest BCUT2D eigenvalue weighted by atomic mass is 10.1. The molecule has 5 nitrogen and oxygen atoms in total. The first kappa shape index (κ1) is 13.6. The lowest BCUT2D eigenvalue weighted by Crippen LogP contribution is -2.04.